The van der Waals surface area contributed by atoms with Gasteiger partial charge in [0, 0.05) is 18.3 Å². The van der Waals surface area contributed by atoms with Crippen LogP contribution in [0.3, 0.4) is 0 Å². The lowest BCUT2D eigenvalue weighted by atomic mass is 9.85. The summed E-state index contributed by atoms with van der Waals surface area (Å²) in [5, 5.41) is 3.45. The van der Waals surface area contributed by atoms with E-state index in [2.05, 4.69) is 68.6 Å². The second-order valence-electron chi connectivity index (χ2n) is 7.77. The largest absolute Gasteiger partial charge is 0.489 e. The fourth-order valence-electron chi connectivity index (χ4n) is 3.54. The Morgan fingerprint density at radius 3 is 2.07 bits per heavy atom. The van der Waals surface area contributed by atoms with Crippen molar-refractivity contribution in [3.63, 3.8) is 0 Å². The van der Waals surface area contributed by atoms with Crippen molar-refractivity contribution in [3.05, 3.63) is 95.1 Å². The number of benzene rings is 3. The Balaban J connectivity index is 1.96. The Hall–Kier alpha value is -2.74. The smallest absolute Gasteiger partial charge is 0.119 e. The summed E-state index contributed by atoms with van der Waals surface area (Å²) in [6.45, 7) is 7.44. The zero-order valence-electron chi connectivity index (χ0n) is 17.4. The second-order valence-corrected chi connectivity index (χ2v) is 7.77. The van der Waals surface area contributed by atoms with Crippen LogP contribution in [0, 0.1) is 5.92 Å². The third kappa shape index (κ3) is 4.95. The predicted molar refractivity (Wildman–Crippen MR) is 119 cm³/mol. The molecule has 146 valence electrons. The second kappa shape index (κ2) is 9.45. The molecule has 0 bridgehead atoms. The van der Waals surface area contributed by atoms with Crippen molar-refractivity contribution in [2.24, 2.45) is 5.92 Å². The Morgan fingerprint density at radius 2 is 1.46 bits per heavy atom. The molecule has 1 atom stereocenters. The first-order valence-corrected chi connectivity index (χ1v) is 10.1. The van der Waals surface area contributed by atoms with E-state index in [1.165, 1.54) is 27.9 Å². The molecule has 0 fully saturated rings. The summed E-state index contributed by atoms with van der Waals surface area (Å²) >= 11 is 0. The molecule has 0 saturated carbocycles. The predicted octanol–water partition coefficient (Wildman–Crippen LogP) is 6.66. The van der Waals surface area contributed by atoms with Crippen molar-refractivity contribution in [2.75, 3.05) is 12.4 Å². The summed E-state index contributed by atoms with van der Waals surface area (Å²) in [6.07, 6.45) is 0.932. The molecule has 2 nitrogen and oxygen atoms in total. The molecule has 0 heterocycles. The van der Waals surface area contributed by atoms with E-state index in [-0.39, 0.29) is 0 Å². The first kappa shape index (κ1) is 20.0. The maximum atomic E-state index is 6.09. The molecule has 1 N–H and O–H groups in total. The van der Waals surface area contributed by atoms with Crippen LogP contribution >= 0.6 is 0 Å². The molecule has 0 amide bonds. The average Bonchev–Trinajstić information content (AvgIpc) is 2.72. The van der Waals surface area contributed by atoms with Crippen molar-refractivity contribution < 1.29 is 4.74 Å². The molecule has 0 aliphatic carbocycles. The van der Waals surface area contributed by atoms with Gasteiger partial charge in [-0.3, -0.25) is 0 Å². The highest BCUT2D eigenvalue weighted by Crippen LogP contribution is 2.34. The van der Waals surface area contributed by atoms with Crippen molar-refractivity contribution >= 4 is 5.69 Å². The first-order chi connectivity index (χ1) is 13.6. The number of ether oxygens (including phenoxy) is 1. The van der Waals surface area contributed by atoms with E-state index in [4.69, 9.17) is 4.74 Å². The molecule has 0 radical (unpaired) electrons. The van der Waals surface area contributed by atoms with Crippen LogP contribution < -0.4 is 10.1 Å². The summed E-state index contributed by atoms with van der Waals surface area (Å²) in [6, 6.07) is 25.4. The highest BCUT2D eigenvalue weighted by Gasteiger charge is 2.18. The summed E-state index contributed by atoms with van der Waals surface area (Å²) in [4.78, 5) is 0. The van der Waals surface area contributed by atoms with Gasteiger partial charge >= 0.3 is 0 Å². The zero-order valence-corrected chi connectivity index (χ0v) is 17.4. The molecule has 3 rings (SSSR count). The monoisotopic (exact) mass is 373 g/mol. The van der Waals surface area contributed by atoms with Gasteiger partial charge in [-0.1, -0.05) is 75.4 Å². The van der Waals surface area contributed by atoms with Gasteiger partial charge in [-0.15, -0.1) is 0 Å². The van der Waals surface area contributed by atoms with Gasteiger partial charge in [-0.05, 0) is 53.1 Å². The normalized spacial score (nSPS) is 12.0. The van der Waals surface area contributed by atoms with Crippen molar-refractivity contribution in [2.45, 2.75) is 39.7 Å². The standard InChI is InChI=1S/C26H31NO/c1-19(2)20(3)25-17-22(15-21-11-7-5-8-12-21)16-23(26(25)27-4)18-28-24-13-9-6-10-14-24/h5-14,16-17,19-20,27H,15,18H2,1-4H3. The third-order valence-corrected chi connectivity index (χ3v) is 5.44. The molecule has 1 unspecified atom stereocenters. The molecule has 3 aromatic rings. The topological polar surface area (TPSA) is 21.3 Å². The summed E-state index contributed by atoms with van der Waals surface area (Å²) < 4.78 is 6.09. The number of para-hydroxylation sites is 1. The van der Waals surface area contributed by atoms with Crippen molar-refractivity contribution in [3.8, 4) is 5.75 Å². The van der Waals surface area contributed by atoms with Crippen LogP contribution in [0.25, 0.3) is 0 Å². The lowest BCUT2D eigenvalue weighted by Crippen LogP contribution is -2.11. The molecule has 0 saturated heterocycles. The minimum Gasteiger partial charge on any atom is -0.489 e. The van der Waals surface area contributed by atoms with Gasteiger partial charge in [0.1, 0.15) is 12.4 Å². The lowest BCUT2D eigenvalue weighted by Gasteiger charge is -2.24. The fourth-order valence-corrected chi connectivity index (χ4v) is 3.54. The van der Waals surface area contributed by atoms with Gasteiger partial charge in [0.15, 0.2) is 0 Å². The fraction of sp³-hybridized carbons (Fsp3) is 0.308. The molecule has 0 aliphatic heterocycles. The van der Waals surface area contributed by atoms with E-state index < -0.39 is 0 Å². The van der Waals surface area contributed by atoms with Crippen molar-refractivity contribution in [1.82, 2.24) is 0 Å². The summed E-state index contributed by atoms with van der Waals surface area (Å²) in [5.74, 6) is 1.94. The first-order valence-electron chi connectivity index (χ1n) is 10.1. The molecule has 0 spiro atoms. The summed E-state index contributed by atoms with van der Waals surface area (Å²) in [5.41, 5.74) is 6.45. The highest BCUT2D eigenvalue weighted by atomic mass is 16.5. The van der Waals surface area contributed by atoms with E-state index >= 15 is 0 Å². The zero-order chi connectivity index (χ0) is 19.9. The highest BCUT2D eigenvalue weighted by molar-refractivity contribution is 5.60. The number of anilines is 1. The number of hydrogen-bond acceptors (Lipinski definition) is 2. The molecule has 3 aromatic carbocycles. The molecule has 28 heavy (non-hydrogen) atoms. The van der Waals surface area contributed by atoms with Crippen LogP contribution in [-0.2, 0) is 13.0 Å². The lowest BCUT2D eigenvalue weighted by molar-refractivity contribution is 0.306. The quantitative estimate of drug-likeness (QED) is 0.477. The number of rotatable bonds is 8. The van der Waals surface area contributed by atoms with Crippen molar-refractivity contribution in [1.29, 1.82) is 0 Å². The molecule has 0 aliphatic rings. The minimum absolute atomic E-state index is 0.466. The van der Waals surface area contributed by atoms with Crippen LogP contribution in [0.5, 0.6) is 5.75 Å². The maximum Gasteiger partial charge on any atom is 0.119 e. The van der Waals surface area contributed by atoms with Gasteiger partial charge < -0.3 is 10.1 Å². The Kier molecular flexibility index (Phi) is 6.76. The SMILES string of the molecule is CNc1c(COc2ccccc2)cc(Cc2ccccc2)cc1C(C)C(C)C. The number of nitrogens with one attached hydrogen (secondary N) is 1. The van der Waals surface area contributed by atoms with E-state index in [9.17, 15) is 0 Å². The van der Waals surface area contributed by atoms with E-state index in [0.29, 0.717) is 18.4 Å². The minimum atomic E-state index is 0.466. The number of hydrogen-bond donors (Lipinski definition) is 1. The van der Waals surface area contributed by atoms with E-state index in [1.54, 1.807) is 0 Å². The average molecular weight is 374 g/mol. The summed E-state index contributed by atoms with van der Waals surface area (Å²) in [7, 11) is 2.01. The van der Waals surface area contributed by atoms with Crippen LogP contribution in [0.15, 0.2) is 72.8 Å². The van der Waals surface area contributed by atoms with Gasteiger partial charge in [-0.25, -0.2) is 0 Å². The van der Waals surface area contributed by atoms with Gasteiger partial charge in [0.2, 0.25) is 0 Å². The van der Waals surface area contributed by atoms with E-state index in [1.807, 2.05) is 37.4 Å². The Labute approximate surface area is 169 Å². The molecule has 2 heteroatoms. The Morgan fingerprint density at radius 1 is 0.821 bits per heavy atom. The Bertz CT molecular complexity index is 872. The molecular formula is C26H31NO. The molecular weight excluding hydrogens is 342 g/mol. The third-order valence-electron chi connectivity index (χ3n) is 5.44. The van der Waals surface area contributed by atoms with Gasteiger partial charge in [0.05, 0.1) is 0 Å². The van der Waals surface area contributed by atoms with Gasteiger partial charge in [-0.2, -0.15) is 0 Å². The van der Waals surface area contributed by atoms with E-state index in [0.717, 1.165) is 12.2 Å². The van der Waals surface area contributed by atoms with Crippen LogP contribution in [-0.4, -0.2) is 7.05 Å². The van der Waals surface area contributed by atoms with Crippen LogP contribution in [0.4, 0.5) is 5.69 Å². The van der Waals surface area contributed by atoms with Crippen LogP contribution in [0.2, 0.25) is 0 Å². The van der Waals surface area contributed by atoms with Crippen LogP contribution in [0.1, 0.15) is 48.9 Å². The van der Waals surface area contributed by atoms with Gasteiger partial charge in [0.25, 0.3) is 0 Å². The molecule has 0 aromatic heterocycles. The maximum absolute atomic E-state index is 6.09.